The van der Waals surface area contributed by atoms with Gasteiger partial charge in [-0.2, -0.15) is 0 Å². The highest BCUT2D eigenvalue weighted by Gasteiger charge is 1.98. The lowest BCUT2D eigenvalue weighted by Crippen LogP contribution is -2.03. The molecule has 2 aromatic carbocycles. The van der Waals surface area contributed by atoms with Crippen LogP contribution in [0.15, 0.2) is 67.0 Å². The van der Waals surface area contributed by atoms with Crippen LogP contribution in [0.1, 0.15) is 11.1 Å². The van der Waals surface area contributed by atoms with Gasteiger partial charge in [-0.1, -0.05) is 24.3 Å². The van der Waals surface area contributed by atoms with Crippen LogP contribution in [-0.2, 0) is 13.1 Å². The molecule has 0 saturated carbocycles. The molecule has 0 aliphatic rings. The van der Waals surface area contributed by atoms with Crippen molar-refractivity contribution in [1.82, 2.24) is 9.97 Å². The third-order valence-electron chi connectivity index (χ3n) is 3.45. The number of nitrogen functional groups attached to an aromatic ring is 1. The number of hydrogen-bond donors (Lipinski definition) is 3. The minimum absolute atomic E-state index is 0.640. The molecule has 0 atom stereocenters. The first-order chi connectivity index (χ1) is 11.3. The summed E-state index contributed by atoms with van der Waals surface area (Å²) in [5.74, 6) is 0.640. The number of anilines is 3. The van der Waals surface area contributed by atoms with Gasteiger partial charge in [0.2, 0.25) is 5.95 Å². The van der Waals surface area contributed by atoms with E-state index in [-0.39, 0.29) is 0 Å². The summed E-state index contributed by atoms with van der Waals surface area (Å²) >= 11 is 0. The molecule has 0 amide bonds. The van der Waals surface area contributed by atoms with Crippen molar-refractivity contribution in [2.24, 2.45) is 0 Å². The lowest BCUT2D eigenvalue weighted by Gasteiger charge is -2.08. The summed E-state index contributed by atoms with van der Waals surface area (Å²) in [6.07, 6.45) is 3.45. The number of hydrogen-bond acceptors (Lipinski definition) is 5. The molecule has 5 nitrogen and oxygen atoms in total. The fourth-order valence-corrected chi connectivity index (χ4v) is 2.15. The Kier molecular flexibility index (Phi) is 4.69. The normalized spacial score (nSPS) is 10.3. The summed E-state index contributed by atoms with van der Waals surface area (Å²) in [5, 5.41) is 6.57. The number of nitrogens with one attached hydrogen (secondary N) is 2. The van der Waals surface area contributed by atoms with E-state index < -0.39 is 0 Å². The lowest BCUT2D eigenvalue weighted by atomic mass is 10.1. The van der Waals surface area contributed by atoms with E-state index in [4.69, 9.17) is 5.73 Å². The fourth-order valence-electron chi connectivity index (χ4n) is 2.15. The number of benzene rings is 2. The first-order valence-electron chi connectivity index (χ1n) is 7.48. The van der Waals surface area contributed by atoms with Gasteiger partial charge in [0.15, 0.2) is 0 Å². The topological polar surface area (TPSA) is 75.9 Å². The second-order valence-corrected chi connectivity index (χ2v) is 5.22. The number of nitrogens with zero attached hydrogens (tertiary/aromatic N) is 2. The van der Waals surface area contributed by atoms with Crippen molar-refractivity contribution in [2.45, 2.75) is 13.1 Å². The van der Waals surface area contributed by atoms with Crippen molar-refractivity contribution in [3.63, 3.8) is 0 Å². The zero-order chi connectivity index (χ0) is 15.9. The highest BCUT2D eigenvalue weighted by Crippen LogP contribution is 2.13. The summed E-state index contributed by atoms with van der Waals surface area (Å²) in [4.78, 5) is 8.28. The molecule has 5 heteroatoms. The molecule has 0 aliphatic carbocycles. The predicted molar refractivity (Wildman–Crippen MR) is 94.0 cm³/mol. The van der Waals surface area contributed by atoms with Crippen LogP contribution in [0.2, 0.25) is 0 Å². The highest BCUT2D eigenvalue weighted by molar-refractivity contribution is 5.51. The van der Waals surface area contributed by atoms with Gasteiger partial charge in [-0.15, -0.1) is 0 Å². The molecule has 1 aromatic heterocycles. The average molecular weight is 305 g/mol. The summed E-state index contributed by atoms with van der Waals surface area (Å²) < 4.78 is 0. The van der Waals surface area contributed by atoms with Crippen molar-refractivity contribution in [1.29, 1.82) is 0 Å². The second-order valence-electron chi connectivity index (χ2n) is 5.22. The van der Waals surface area contributed by atoms with Gasteiger partial charge in [-0.25, -0.2) is 9.97 Å². The molecule has 116 valence electrons. The van der Waals surface area contributed by atoms with E-state index in [0.717, 1.165) is 17.9 Å². The second kappa shape index (κ2) is 7.26. The Morgan fingerprint density at radius 2 is 1.30 bits per heavy atom. The van der Waals surface area contributed by atoms with Crippen LogP contribution in [0.5, 0.6) is 0 Å². The van der Waals surface area contributed by atoms with E-state index in [0.29, 0.717) is 12.5 Å². The maximum Gasteiger partial charge on any atom is 0.222 e. The summed E-state index contributed by atoms with van der Waals surface area (Å²) in [6, 6.07) is 18.0. The number of aromatic nitrogens is 2. The van der Waals surface area contributed by atoms with Crippen molar-refractivity contribution in [2.75, 3.05) is 16.4 Å². The fraction of sp³-hybridized carbons (Fsp3) is 0.111. The van der Waals surface area contributed by atoms with Gasteiger partial charge in [0, 0.05) is 36.9 Å². The first kappa shape index (κ1) is 14.8. The zero-order valence-electron chi connectivity index (χ0n) is 12.7. The molecule has 1 heterocycles. The van der Waals surface area contributed by atoms with Crippen LogP contribution >= 0.6 is 0 Å². The maximum absolute atomic E-state index is 5.68. The van der Waals surface area contributed by atoms with Gasteiger partial charge in [0.05, 0.1) is 0 Å². The van der Waals surface area contributed by atoms with Gasteiger partial charge in [-0.05, 0) is 41.5 Å². The standard InChI is InChI=1S/C18H19N5/c19-16-6-8-17(9-7-16)22-12-14-2-4-15(5-3-14)13-23-18-20-10-1-11-21-18/h1-11,22H,12-13,19H2,(H,20,21,23). The van der Waals surface area contributed by atoms with E-state index in [9.17, 15) is 0 Å². The Balaban J connectivity index is 1.51. The van der Waals surface area contributed by atoms with E-state index in [2.05, 4.69) is 44.9 Å². The highest BCUT2D eigenvalue weighted by atomic mass is 15.1. The molecule has 23 heavy (non-hydrogen) atoms. The molecule has 3 aromatic rings. The molecular formula is C18H19N5. The minimum atomic E-state index is 0.640. The van der Waals surface area contributed by atoms with E-state index >= 15 is 0 Å². The van der Waals surface area contributed by atoms with Crippen LogP contribution in [-0.4, -0.2) is 9.97 Å². The molecule has 4 N–H and O–H groups in total. The monoisotopic (exact) mass is 305 g/mol. The largest absolute Gasteiger partial charge is 0.399 e. The number of rotatable bonds is 6. The van der Waals surface area contributed by atoms with Crippen molar-refractivity contribution >= 4 is 17.3 Å². The summed E-state index contributed by atoms with van der Waals surface area (Å²) in [5.41, 5.74) is 9.92. The Hall–Kier alpha value is -3.08. The van der Waals surface area contributed by atoms with Crippen LogP contribution in [0, 0.1) is 0 Å². The van der Waals surface area contributed by atoms with E-state index in [1.807, 2.05) is 24.3 Å². The molecule has 0 radical (unpaired) electrons. The molecule has 0 bridgehead atoms. The predicted octanol–water partition coefficient (Wildman–Crippen LogP) is 3.28. The third-order valence-corrected chi connectivity index (χ3v) is 3.45. The quantitative estimate of drug-likeness (QED) is 0.609. The summed E-state index contributed by atoms with van der Waals surface area (Å²) in [7, 11) is 0. The molecule has 0 saturated heterocycles. The van der Waals surface area contributed by atoms with Crippen LogP contribution in [0.3, 0.4) is 0 Å². The summed E-state index contributed by atoms with van der Waals surface area (Å²) in [6.45, 7) is 1.48. The van der Waals surface area contributed by atoms with Gasteiger partial charge >= 0.3 is 0 Å². The Morgan fingerprint density at radius 1 is 0.739 bits per heavy atom. The Morgan fingerprint density at radius 3 is 1.91 bits per heavy atom. The SMILES string of the molecule is Nc1ccc(NCc2ccc(CNc3ncccn3)cc2)cc1. The Bertz CT molecular complexity index is 724. The van der Waals surface area contributed by atoms with E-state index in [1.54, 1.807) is 18.5 Å². The van der Waals surface area contributed by atoms with Gasteiger partial charge in [-0.3, -0.25) is 0 Å². The minimum Gasteiger partial charge on any atom is -0.399 e. The molecule has 0 spiro atoms. The molecule has 0 fully saturated rings. The van der Waals surface area contributed by atoms with E-state index in [1.165, 1.54) is 11.1 Å². The zero-order valence-corrected chi connectivity index (χ0v) is 12.7. The van der Waals surface area contributed by atoms with Gasteiger partial charge < -0.3 is 16.4 Å². The van der Waals surface area contributed by atoms with Crippen molar-refractivity contribution in [3.05, 3.63) is 78.1 Å². The first-order valence-corrected chi connectivity index (χ1v) is 7.48. The maximum atomic E-state index is 5.68. The van der Waals surface area contributed by atoms with Gasteiger partial charge in [0.25, 0.3) is 0 Å². The average Bonchev–Trinajstić information content (AvgIpc) is 2.61. The molecule has 3 rings (SSSR count). The molecular weight excluding hydrogens is 286 g/mol. The van der Waals surface area contributed by atoms with Crippen molar-refractivity contribution in [3.8, 4) is 0 Å². The lowest BCUT2D eigenvalue weighted by molar-refractivity contribution is 1.05. The molecule has 0 unspecified atom stereocenters. The van der Waals surface area contributed by atoms with Crippen LogP contribution < -0.4 is 16.4 Å². The van der Waals surface area contributed by atoms with Crippen LogP contribution in [0.4, 0.5) is 17.3 Å². The van der Waals surface area contributed by atoms with Crippen LogP contribution in [0.25, 0.3) is 0 Å². The Labute approximate surface area is 135 Å². The smallest absolute Gasteiger partial charge is 0.222 e. The number of nitrogens with two attached hydrogens (primary N) is 1. The third kappa shape index (κ3) is 4.44. The molecule has 0 aliphatic heterocycles. The van der Waals surface area contributed by atoms with Gasteiger partial charge in [0.1, 0.15) is 0 Å². The van der Waals surface area contributed by atoms with Crippen molar-refractivity contribution < 1.29 is 0 Å².